The van der Waals surface area contributed by atoms with Crippen molar-refractivity contribution in [2.24, 2.45) is 11.7 Å². The van der Waals surface area contributed by atoms with Gasteiger partial charge in [0.15, 0.2) is 5.78 Å². The molecule has 11 heteroatoms. The lowest BCUT2D eigenvalue weighted by atomic mass is 9.93. The Bertz CT molecular complexity index is 1560. The molecule has 2 aliphatic rings. The molecule has 0 aromatic heterocycles. The standard InChI is InChI=1S/C31H26Cl2F3NO5/c1-40-30(39)18-8-11-25-17(13-18)7-12-26(42-25)20-10-9-19(14-22(20)31(34,35)36)41-15-21(29(38)16-5-6-16)28(37)27-23(32)3-2-4-24(27)33/h2-4,8-11,13-14,16,26H,5-7,12,15,37H2,1H3. The maximum atomic E-state index is 14.3. The number of aryl methyl sites for hydroxylation is 1. The molecule has 0 amide bonds. The van der Waals surface area contributed by atoms with Gasteiger partial charge in [0.05, 0.1) is 39.6 Å². The van der Waals surface area contributed by atoms with E-state index in [0.29, 0.717) is 36.1 Å². The molecule has 1 saturated carbocycles. The van der Waals surface area contributed by atoms with Crippen molar-refractivity contribution < 1.29 is 37.0 Å². The van der Waals surface area contributed by atoms with Crippen LogP contribution in [0.2, 0.25) is 10.0 Å². The molecular formula is C31H26Cl2F3NO5. The van der Waals surface area contributed by atoms with Gasteiger partial charge in [-0.15, -0.1) is 0 Å². The molecule has 1 aliphatic carbocycles. The van der Waals surface area contributed by atoms with Gasteiger partial charge < -0.3 is 19.9 Å². The largest absolute Gasteiger partial charge is 0.489 e. The quantitative estimate of drug-likeness (QED) is 0.206. The number of hydrogen-bond donors (Lipinski definition) is 1. The number of nitrogens with two attached hydrogens (primary N) is 1. The Morgan fingerprint density at radius 3 is 2.38 bits per heavy atom. The molecule has 220 valence electrons. The number of hydrogen-bond acceptors (Lipinski definition) is 6. The number of methoxy groups -OCH3 is 1. The molecule has 3 aromatic carbocycles. The van der Waals surface area contributed by atoms with E-state index < -0.39 is 23.8 Å². The summed E-state index contributed by atoms with van der Waals surface area (Å²) in [7, 11) is 1.27. The maximum absolute atomic E-state index is 14.3. The number of alkyl halides is 3. The molecule has 2 N–H and O–H groups in total. The SMILES string of the molecule is COC(=O)c1ccc2c(c1)CCC(c1ccc(OCC(C(=O)C3CC3)=C(N)c3c(Cl)cccc3Cl)cc1C(F)(F)F)O2. The van der Waals surface area contributed by atoms with E-state index in [1.165, 1.54) is 25.3 Å². The average molecular weight is 620 g/mol. The number of ketones is 1. The summed E-state index contributed by atoms with van der Waals surface area (Å²) in [5.74, 6) is -0.686. The number of rotatable bonds is 8. The Balaban J connectivity index is 1.42. The predicted molar refractivity (Wildman–Crippen MR) is 152 cm³/mol. The predicted octanol–water partition coefficient (Wildman–Crippen LogP) is 7.59. The van der Waals surface area contributed by atoms with Crippen molar-refractivity contribution in [1.82, 2.24) is 0 Å². The summed E-state index contributed by atoms with van der Waals surface area (Å²) >= 11 is 12.6. The van der Waals surface area contributed by atoms with Crippen LogP contribution in [0.3, 0.4) is 0 Å². The van der Waals surface area contributed by atoms with Crippen LogP contribution in [0.5, 0.6) is 11.5 Å². The van der Waals surface area contributed by atoms with Gasteiger partial charge in [-0.25, -0.2) is 4.79 Å². The summed E-state index contributed by atoms with van der Waals surface area (Å²) in [4.78, 5) is 24.9. The van der Waals surface area contributed by atoms with Gasteiger partial charge in [0, 0.05) is 17.0 Å². The highest BCUT2D eigenvalue weighted by atomic mass is 35.5. The van der Waals surface area contributed by atoms with E-state index in [4.69, 9.17) is 43.1 Å². The van der Waals surface area contributed by atoms with Gasteiger partial charge in [0.25, 0.3) is 0 Å². The Morgan fingerprint density at radius 2 is 1.74 bits per heavy atom. The molecule has 6 nitrogen and oxygen atoms in total. The van der Waals surface area contributed by atoms with Crippen LogP contribution >= 0.6 is 23.2 Å². The van der Waals surface area contributed by atoms with Gasteiger partial charge >= 0.3 is 12.1 Å². The third-order valence-electron chi connectivity index (χ3n) is 7.29. The van der Waals surface area contributed by atoms with Crippen LogP contribution in [-0.2, 0) is 22.1 Å². The topological polar surface area (TPSA) is 87.9 Å². The van der Waals surface area contributed by atoms with Crippen LogP contribution in [0, 0.1) is 5.92 Å². The molecule has 1 aliphatic heterocycles. The molecule has 0 spiro atoms. The first-order chi connectivity index (χ1) is 20.0. The molecule has 0 radical (unpaired) electrons. The van der Waals surface area contributed by atoms with Gasteiger partial charge in [0.1, 0.15) is 24.2 Å². The van der Waals surface area contributed by atoms with E-state index in [-0.39, 0.29) is 62.9 Å². The minimum atomic E-state index is -4.71. The lowest BCUT2D eigenvalue weighted by molar-refractivity contribution is -0.139. The fraction of sp³-hybridized carbons (Fsp3) is 0.290. The fourth-order valence-electron chi connectivity index (χ4n) is 4.94. The van der Waals surface area contributed by atoms with E-state index >= 15 is 0 Å². The second-order valence-electron chi connectivity index (χ2n) is 10.1. The normalized spacial score (nSPS) is 17.0. The Kier molecular flexibility index (Phi) is 8.44. The van der Waals surface area contributed by atoms with Gasteiger partial charge in [-0.05, 0) is 73.7 Å². The number of esters is 1. The lowest BCUT2D eigenvalue weighted by Gasteiger charge is -2.29. The van der Waals surface area contributed by atoms with Crippen LogP contribution in [0.25, 0.3) is 5.70 Å². The first kappa shape index (κ1) is 29.8. The Hall–Kier alpha value is -3.69. The van der Waals surface area contributed by atoms with E-state index in [1.807, 2.05) is 0 Å². The van der Waals surface area contributed by atoms with E-state index in [9.17, 15) is 22.8 Å². The fourth-order valence-corrected chi connectivity index (χ4v) is 5.54. The van der Waals surface area contributed by atoms with Crippen LogP contribution in [0.4, 0.5) is 13.2 Å². The first-order valence-electron chi connectivity index (χ1n) is 13.2. The van der Waals surface area contributed by atoms with Crippen LogP contribution in [-0.4, -0.2) is 25.5 Å². The summed E-state index contributed by atoms with van der Waals surface area (Å²) < 4.78 is 59.2. The summed E-state index contributed by atoms with van der Waals surface area (Å²) in [6.45, 7) is -0.366. The van der Waals surface area contributed by atoms with Gasteiger partial charge in [0.2, 0.25) is 0 Å². The summed E-state index contributed by atoms with van der Waals surface area (Å²) in [5.41, 5.74) is 6.83. The third-order valence-corrected chi connectivity index (χ3v) is 7.92. The minimum Gasteiger partial charge on any atom is -0.489 e. The molecule has 5 rings (SSSR count). The van der Waals surface area contributed by atoms with E-state index in [0.717, 1.165) is 6.07 Å². The molecule has 1 atom stereocenters. The zero-order valence-electron chi connectivity index (χ0n) is 22.4. The molecule has 1 unspecified atom stereocenters. The second kappa shape index (κ2) is 11.9. The van der Waals surface area contributed by atoms with Crippen molar-refractivity contribution in [3.8, 4) is 11.5 Å². The summed E-state index contributed by atoms with van der Waals surface area (Å²) in [6.07, 6.45) is -3.54. The number of Topliss-reactive ketones (excluding diaryl/α,β-unsaturated/α-hetero) is 1. The zero-order valence-corrected chi connectivity index (χ0v) is 23.9. The number of carbonyl (C=O) groups excluding carboxylic acids is 2. The van der Waals surface area contributed by atoms with Crippen molar-refractivity contribution in [3.05, 3.63) is 98.0 Å². The number of benzene rings is 3. The smallest absolute Gasteiger partial charge is 0.416 e. The molecule has 1 fully saturated rings. The zero-order chi connectivity index (χ0) is 30.2. The highest BCUT2D eigenvalue weighted by Crippen LogP contribution is 2.43. The van der Waals surface area contributed by atoms with Crippen molar-refractivity contribution >= 4 is 40.7 Å². The van der Waals surface area contributed by atoms with Gasteiger partial charge in [-0.2, -0.15) is 13.2 Å². The van der Waals surface area contributed by atoms with Crippen molar-refractivity contribution in [2.75, 3.05) is 13.7 Å². The number of halogens is 5. The van der Waals surface area contributed by atoms with Crippen LogP contribution < -0.4 is 15.2 Å². The Morgan fingerprint density at radius 1 is 1.02 bits per heavy atom. The number of fused-ring (bicyclic) bond motifs is 1. The second-order valence-corrected chi connectivity index (χ2v) is 10.9. The van der Waals surface area contributed by atoms with Crippen molar-refractivity contribution in [2.45, 2.75) is 38.0 Å². The molecule has 1 heterocycles. The molecule has 42 heavy (non-hydrogen) atoms. The van der Waals surface area contributed by atoms with Gasteiger partial charge in [-0.1, -0.05) is 35.3 Å². The highest BCUT2D eigenvalue weighted by Gasteiger charge is 2.38. The van der Waals surface area contributed by atoms with E-state index in [1.54, 1.807) is 30.3 Å². The van der Waals surface area contributed by atoms with Crippen molar-refractivity contribution in [1.29, 1.82) is 0 Å². The first-order valence-corrected chi connectivity index (χ1v) is 13.9. The molecule has 0 saturated heterocycles. The van der Waals surface area contributed by atoms with Gasteiger partial charge in [-0.3, -0.25) is 4.79 Å². The third kappa shape index (κ3) is 6.22. The van der Waals surface area contributed by atoms with Crippen molar-refractivity contribution in [3.63, 3.8) is 0 Å². The van der Waals surface area contributed by atoms with Crippen LogP contribution in [0.1, 0.15) is 58.0 Å². The average Bonchev–Trinajstić information content (AvgIpc) is 3.81. The molecule has 0 bridgehead atoms. The summed E-state index contributed by atoms with van der Waals surface area (Å²) in [6, 6.07) is 13.1. The monoisotopic (exact) mass is 619 g/mol. The number of ether oxygens (including phenoxy) is 3. The lowest BCUT2D eigenvalue weighted by Crippen LogP contribution is -2.21. The molecular weight excluding hydrogens is 594 g/mol. The van der Waals surface area contributed by atoms with Crippen LogP contribution in [0.15, 0.2) is 60.2 Å². The van der Waals surface area contributed by atoms with E-state index in [2.05, 4.69) is 0 Å². The minimum absolute atomic E-state index is 0.0276. The maximum Gasteiger partial charge on any atom is 0.416 e. The highest BCUT2D eigenvalue weighted by molar-refractivity contribution is 6.37. The summed E-state index contributed by atoms with van der Waals surface area (Å²) in [5, 5.41) is 0.473. The molecule has 3 aromatic rings. The Labute approximate surface area is 250 Å². The number of carbonyl (C=O) groups is 2.